The first-order chi connectivity index (χ1) is 10.5. The van der Waals surface area contributed by atoms with Crippen LogP contribution < -0.4 is 11.5 Å². The van der Waals surface area contributed by atoms with Crippen LogP contribution in [0.1, 0.15) is 63.5 Å². The number of anilines is 2. The van der Waals surface area contributed by atoms with Gasteiger partial charge in [-0.15, -0.1) is 0 Å². The number of nitrogens with two attached hydrogens (primary N) is 2. The van der Waals surface area contributed by atoms with Crippen LogP contribution >= 0.6 is 0 Å². The highest BCUT2D eigenvalue weighted by Gasteiger charge is 2.16. The van der Waals surface area contributed by atoms with Crippen molar-refractivity contribution in [3.63, 3.8) is 0 Å². The highest BCUT2D eigenvalue weighted by Crippen LogP contribution is 2.38. The number of hydrogen-bond acceptors (Lipinski definition) is 2. The minimum Gasteiger partial charge on any atom is -0.399 e. The van der Waals surface area contributed by atoms with Gasteiger partial charge in [-0.1, -0.05) is 39.8 Å². The summed E-state index contributed by atoms with van der Waals surface area (Å²) in [6.45, 7) is 8.96. The van der Waals surface area contributed by atoms with Crippen molar-refractivity contribution < 1.29 is 0 Å². The monoisotopic (exact) mass is 296 g/mol. The van der Waals surface area contributed by atoms with E-state index in [1.165, 1.54) is 22.3 Å². The summed E-state index contributed by atoms with van der Waals surface area (Å²) >= 11 is 0. The smallest absolute Gasteiger partial charge is 0.0317 e. The van der Waals surface area contributed by atoms with Crippen LogP contribution in [0.4, 0.5) is 11.4 Å². The van der Waals surface area contributed by atoms with Gasteiger partial charge < -0.3 is 11.5 Å². The second-order valence-electron chi connectivity index (χ2n) is 6.31. The summed E-state index contributed by atoms with van der Waals surface area (Å²) in [5.74, 6) is 0.974. The normalized spacial score (nSPS) is 13.8. The Morgan fingerprint density at radius 1 is 0.727 bits per heavy atom. The molecule has 2 rings (SSSR count). The zero-order chi connectivity index (χ0) is 16.3. The number of benzene rings is 2. The molecular weight excluding hydrogens is 268 g/mol. The summed E-state index contributed by atoms with van der Waals surface area (Å²) in [6, 6.07) is 12.6. The average molecular weight is 296 g/mol. The van der Waals surface area contributed by atoms with Gasteiger partial charge in [-0.05, 0) is 71.2 Å². The van der Waals surface area contributed by atoms with Crippen molar-refractivity contribution in [1.29, 1.82) is 0 Å². The second kappa shape index (κ2) is 6.87. The van der Waals surface area contributed by atoms with E-state index in [9.17, 15) is 0 Å². The van der Waals surface area contributed by atoms with Crippen molar-refractivity contribution >= 4 is 11.4 Å². The molecule has 2 nitrogen and oxygen atoms in total. The molecule has 22 heavy (non-hydrogen) atoms. The Balaban J connectivity index is 2.66. The molecule has 2 atom stereocenters. The van der Waals surface area contributed by atoms with E-state index < -0.39 is 0 Å². The van der Waals surface area contributed by atoms with Crippen LogP contribution in [-0.2, 0) is 0 Å². The Morgan fingerprint density at radius 3 is 1.41 bits per heavy atom. The molecule has 0 amide bonds. The van der Waals surface area contributed by atoms with Gasteiger partial charge in [-0.2, -0.15) is 0 Å². The van der Waals surface area contributed by atoms with Gasteiger partial charge in [0.25, 0.3) is 0 Å². The fourth-order valence-electron chi connectivity index (χ4n) is 2.91. The Labute approximate surface area is 134 Å². The van der Waals surface area contributed by atoms with E-state index in [0.29, 0.717) is 11.8 Å². The van der Waals surface area contributed by atoms with Gasteiger partial charge >= 0.3 is 0 Å². The zero-order valence-corrected chi connectivity index (χ0v) is 14.2. The van der Waals surface area contributed by atoms with E-state index in [4.69, 9.17) is 11.5 Å². The quantitative estimate of drug-likeness (QED) is 0.711. The first-order valence-corrected chi connectivity index (χ1v) is 8.27. The topological polar surface area (TPSA) is 52.0 Å². The molecule has 0 aliphatic carbocycles. The van der Waals surface area contributed by atoms with Crippen LogP contribution in [-0.4, -0.2) is 0 Å². The first kappa shape index (κ1) is 16.4. The van der Waals surface area contributed by atoms with Gasteiger partial charge in [0.15, 0.2) is 0 Å². The predicted molar refractivity (Wildman–Crippen MR) is 98.1 cm³/mol. The molecule has 118 valence electrons. The van der Waals surface area contributed by atoms with Gasteiger partial charge in [-0.25, -0.2) is 0 Å². The molecule has 0 saturated carbocycles. The molecular formula is C20H28N2. The van der Waals surface area contributed by atoms with E-state index in [0.717, 1.165) is 24.2 Å². The fourth-order valence-corrected chi connectivity index (χ4v) is 2.91. The molecule has 0 aliphatic rings. The molecule has 2 heteroatoms. The Bertz CT molecular complexity index is 589. The molecule has 0 spiro atoms. The lowest BCUT2D eigenvalue weighted by molar-refractivity contribution is 0.728. The molecule has 2 unspecified atom stereocenters. The van der Waals surface area contributed by atoms with Gasteiger partial charge in [0.1, 0.15) is 0 Å². The largest absolute Gasteiger partial charge is 0.399 e. The summed E-state index contributed by atoms with van der Waals surface area (Å²) in [5, 5.41) is 0. The molecule has 0 fully saturated rings. The highest BCUT2D eigenvalue weighted by molar-refractivity contribution is 5.75. The Kier molecular flexibility index (Phi) is 5.12. The maximum atomic E-state index is 6.03. The summed E-state index contributed by atoms with van der Waals surface area (Å²) in [4.78, 5) is 0. The lowest BCUT2D eigenvalue weighted by atomic mass is 9.84. The van der Waals surface area contributed by atoms with E-state index >= 15 is 0 Å². The zero-order valence-electron chi connectivity index (χ0n) is 14.2. The van der Waals surface area contributed by atoms with Crippen molar-refractivity contribution in [2.45, 2.75) is 52.4 Å². The summed E-state index contributed by atoms with van der Waals surface area (Å²) < 4.78 is 0. The lowest BCUT2D eigenvalue weighted by Gasteiger charge is -2.21. The van der Waals surface area contributed by atoms with Crippen molar-refractivity contribution in [1.82, 2.24) is 0 Å². The van der Waals surface area contributed by atoms with Crippen LogP contribution in [0.2, 0.25) is 0 Å². The third-order valence-corrected chi connectivity index (χ3v) is 4.73. The molecule has 0 aromatic heterocycles. The third-order valence-electron chi connectivity index (χ3n) is 4.73. The van der Waals surface area contributed by atoms with Gasteiger partial charge in [0.2, 0.25) is 0 Å². The molecule has 4 N–H and O–H groups in total. The van der Waals surface area contributed by atoms with Crippen molar-refractivity contribution in [3.05, 3.63) is 47.5 Å². The molecule has 2 aromatic rings. The first-order valence-electron chi connectivity index (χ1n) is 8.27. The molecule has 0 aliphatic heterocycles. The second-order valence-corrected chi connectivity index (χ2v) is 6.31. The van der Waals surface area contributed by atoms with Crippen LogP contribution in [0.15, 0.2) is 36.4 Å². The standard InChI is InChI=1S/C20H28N2/c1-5-13(3)19-11-15(21)7-9-17(19)18-10-8-16(22)12-20(18)14(4)6-2/h7-14H,5-6,21-22H2,1-4H3. The molecule has 0 heterocycles. The lowest BCUT2D eigenvalue weighted by Crippen LogP contribution is -2.02. The number of rotatable bonds is 5. The Hall–Kier alpha value is -1.96. The van der Waals surface area contributed by atoms with Crippen molar-refractivity contribution in [2.24, 2.45) is 0 Å². The fraction of sp³-hybridized carbons (Fsp3) is 0.400. The molecule has 2 aromatic carbocycles. The number of hydrogen-bond donors (Lipinski definition) is 2. The summed E-state index contributed by atoms with van der Waals surface area (Å²) in [5.41, 5.74) is 19.0. The minimum atomic E-state index is 0.487. The molecule has 0 bridgehead atoms. The van der Waals surface area contributed by atoms with Crippen LogP contribution in [0, 0.1) is 0 Å². The SMILES string of the molecule is CCC(C)c1cc(N)ccc1-c1ccc(N)cc1C(C)CC. The Morgan fingerprint density at radius 2 is 1.09 bits per heavy atom. The van der Waals surface area contributed by atoms with Gasteiger partial charge in [0.05, 0.1) is 0 Å². The third kappa shape index (κ3) is 3.27. The van der Waals surface area contributed by atoms with Crippen LogP contribution in [0.25, 0.3) is 11.1 Å². The predicted octanol–water partition coefficient (Wildman–Crippen LogP) is 5.55. The molecule has 0 radical (unpaired) electrons. The number of nitrogen functional groups attached to an aromatic ring is 2. The van der Waals surface area contributed by atoms with Crippen LogP contribution in [0.5, 0.6) is 0 Å². The van der Waals surface area contributed by atoms with E-state index in [2.05, 4.69) is 52.0 Å². The van der Waals surface area contributed by atoms with Gasteiger partial charge in [-0.3, -0.25) is 0 Å². The average Bonchev–Trinajstić information content (AvgIpc) is 2.53. The summed E-state index contributed by atoms with van der Waals surface area (Å²) in [6.07, 6.45) is 2.20. The minimum absolute atomic E-state index is 0.487. The highest BCUT2D eigenvalue weighted by atomic mass is 14.5. The molecule has 0 saturated heterocycles. The van der Waals surface area contributed by atoms with Crippen molar-refractivity contribution in [3.8, 4) is 11.1 Å². The van der Waals surface area contributed by atoms with Gasteiger partial charge in [0, 0.05) is 11.4 Å². The van der Waals surface area contributed by atoms with E-state index in [-0.39, 0.29) is 0 Å². The maximum absolute atomic E-state index is 6.03. The van der Waals surface area contributed by atoms with Crippen molar-refractivity contribution in [2.75, 3.05) is 11.5 Å². The van der Waals surface area contributed by atoms with E-state index in [1.54, 1.807) is 0 Å². The van der Waals surface area contributed by atoms with Crippen LogP contribution in [0.3, 0.4) is 0 Å². The maximum Gasteiger partial charge on any atom is 0.0317 e. The van der Waals surface area contributed by atoms with E-state index in [1.807, 2.05) is 12.1 Å². The summed E-state index contributed by atoms with van der Waals surface area (Å²) in [7, 11) is 0.